The number of rotatable bonds is 5. The molecule has 0 aliphatic carbocycles. The number of aryl methyl sites for hydroxylation is 2. The van der Waals surface area contributed by atoms with Crippen molar-refractivity contribution in [1.29, 1.82) is 0 Å². The molecule has 1 nitrogen and oxygen atoms in total. The number of halogens is 1. The quantitative estimate of drug-likeness (QED) is 0.808. The zero-order valence-corrected chi connectivity index (χ0v) is 13.9. The highest BCUT2D eigenvalue weighted by Gasteiger charge is 2.10. The van der Waals surface area contributed by atoms with Gasteiger partial charge in [0.1, 0.15) is 5.82 Å². The van der Waals surface area contributed by atoms with Crippen LogP contribution in [-0.2, 0) is 0 Å². The van der Waals surface area contributed by atoms with Gasteiger partial charge >= 0.3 is 0 Å². The first-order valence-corrected chi connectivity index (χ1v) is 8.11. The molecule has 0 aliphatic heterocycles. The van der Waals surface area contributed by atoms with E-state index in [-0.39, 0.29) is 11.9 Å². The summed E-state index contributed by atoms with van der Waals surface area (Å²) in [5.74, 6) is -0.151. The zero-order valence-electron chi connectivity index (χ0n) is 13.0. The predicted octanol–water partition coefficient (Wildman–Crippen LogP) is 5.26. The van der Waals surface area contributed by atoms with E-state index >= 15 is 0 Å². The summed E-state index contributed by atoms with van der Waals surface area (Å²) in [5, 5.41) is 3.30. The molecule has 0 saturated carbocycles. The van der Waals surface area contributed by atoms with Crippen LogP contribution in [0.4, 0.5) is 4.39 Å². The van der Waals surface area contributed by atoms with Crippen LogP contribution >= 0.6 is 11.8 Å². The second-order valence-corrected chi connectivity index (χ2v) is 6.42. The van der Waals surface area contributed by atoms with Gasteiger partial charge in [0.15, 0.2) is 0 Å². The Kier molecular flexibility index (Phi) is 5.43. The molecule has 0 radical (unpaired) electrons. The van der Waals surface area contributed by atoms with Crippen molar-refractivity contribution < 1.29 is 4.39 Å². The van der Waals surface area contributed by atoms with Crippen molar-refractivity contribution in [2.75, 3.05) is 6.54 Å². The number of nitrogens with one attached hydrogen (secondary N) is 1. The lowest BCUT2D eigenvalue weighted by molar-refractivity contribution is 0.572. The SMILES string of the molecule is CCNC(C)c1ccc(Sc2ccc(C)cc2C)c(F)c1. The van der Waals surface area contributed by atoms with Crippen LogP contribution in [0.3, 0.4) is 0 Å². The van der Waals surface area contributed by atoms with Crippen LogP contribution in [0.15, 0.2) is 46.2 Å². The molecule has 21 heavy (non-hydrogen) atoms. The van der Waals surface area contributed by atoms with E-state index in [0.717, 1.165) is 17.0 Å². The minimum Gasteiger partial charge on any atom is -0.310 e. The van der Waals surface area contributed by atoms with Gasteiger partial charge in [-0.05, 0) is 56.6 Å². The first kappa shape index (κ1) is 16.1. The summed E-state index contributed by atoms with van der Waals surface area (Å²) in [7, 11) is 0. The maximum absolute atomic E-state index is 14.3. The van der Waals surface area contributed by atoms with Gasteiger partial charge in [0, 0.05) is 15.8 Å². The Hall–Kier alpha value is -1.32. The van der Waals surface area contributed by atoms with Crippen molar-refractivity contribution in [3.63, 3.8) is 0 Å². The van der Waals surface area contributed by atoms with Gasteiger partial charge in [0.25, 0.3) is 0 Å². The van der Waals surface area contributed by atoms with Gasteiger partial charge in [-0.3, -0.25) is 0 Å². The van der Waals surface area contributed by atoms with Gasteiger partial charge in [-0.15, -0.1) is 0 Å². The maximum Gasteiger partial charge on any atom is 0.137 e. The summed E-state index contributed by atoms with van der Waals surface area (Å²) < 4.78 is 14.3. The first-order chi connectivity index (χ1) is 10.0. The molecule has 0 heterocycles. The third-order valence-electron chi connectivity index (χ3n) is 3.52. The highest BCUT2D eigenvalue weighted by molar-refractivity contribution is 7.99. The molecule has 2 rings (SSSR count). The van der Waals surface area contributed by atoms with E-state index in [1.54, 1.807) is 6.07 Å². The van der Waals surface area contributed by atoms with Crippen molar-refractivity contribution in [2.45, 2.75) is 43.5 Å². The van der Waals surface area contributed by atoms with Crippen molar-refractivity contribution in [3.05, 3.63) is 58.9 Å². The van der Waals surface area contributed by atoms with Crippen LogP contribution in [0, 0.1) is 19.7 Å². The van der Waals surface area contributed by atoms with Crippen molar-refractivity contribution in [1.82, 2.24) is 5.32 Å². The molecule has 0 amide bonds. The molecule has 0 saturated heterocycles. The second kappa shape index (κ2) is 7.10. The van der Waals surface area contributed by atoms with Crippen LogP contribution in [0.25, 0.3) is 0 Å². The van der Waals surface area contributed by atoms with E-state index in [1.165, 1.54) is 22.9 Å². The van der Waals surface area contributed by atoms with Gasteiger partial charge in [-0.25, -0.2) is 4.39 Å². The normalized spacial score (nSPS) is 12.4. The number of hydrogen-bond donors (Lipinski definition) is 1. The minimum absolute atomic E-state index is 0.151. The fourth-order valence-corrected chi connectivity index (χ4v) is 3.21. The van der Waals surface area contributed by atoms with E-state index in [4.69, 9.17) is 0 Å². The molecular formula is C18H22FNS. The summed E-state index contributed by atoms with van der Waals surface area (Å²) in [5.41, 5.74) is 3.40. The Bertz CT molecular complexity index is 625. The van der Waals surface area contributed by atoms with Gasteiger partial charge in [-0.2, -0.15) is 0 Å². The average Bonchev–Trinajstić information content (AvgIpc) is 2.44. The molecule has 0 aromatic heterocycles. The zero-order chi connectivity index (χ0) is 15.4. The third-order valence-corrected chi connectivity index (χ3v) is 4.75. The highest BCUT2D eigenvalue weighted by atomic mass is 32.2. The highest BCUT2D eigenvalue weighted by Crippen LogP contribution is 2.33. The smallest absolute Gasteiger partial charge is 0.137 e. The largest absolute Gasteiger partial charge is 0.310 e. The molecule has 1 unspecified atom stereocenters. The average molecular weight is 303 g/mol. The fourth-order valence-electron chi connectivity index (χ4n) is 2.33. The summed E-state index contributed by atoms with van der Waals surface area (Å²) in [6.07, 6.45) is 0. The Morgan fingerprint density at radius 3 is 2.43 bits per heavy atom. The Labute approximate surface area is 131 Å². The Balaban J connectivity index is 2.21. The lowest BCUT2D eigenvalue weighted by Gasteiger charge is -2.14. The van der Waals surface area contributed by atoms with Crippen LogP contribution < -0.4 is 5.32 Å². The molecule has 2 aromatic carbocycles. The van der Waals surface area contributed by atoms with Gasteiger partial charge < -0.3 is 5.32 Å². The molecule has 1 N–H and O–H groups in total. The van der Waals surface area contributed by atoms with E-state index < -0.39 is 0 Å². The third kappa shape index (κ3) is 4.08. The van der Waals surface area contributed by atoms with E-state index in [0.29, 0.717) is 4.90 Å². The van der Waals surface area contributed by atoms with E-state index in [1.807, 2.05) is 12.1 Å². The van der Waals surface area contributed by atoms with Crippen LogP contribution in [0.1, 0.15) is 36.6 Å². The van der Waals surface area contributed by atoms with Crippen LogP contribution in [0.5, 0.6) is 0 Å². The lowest BCUT2D eigenvalue weighted by atomic mass is 10.1. The molecule has 0 bridgehead atoms. The summed E-state index contributed by atoms with van der Waals surface area (Å²) in [4.78, 5) is 1.78. The molecule has 0 aliphatic rings. The van der Waals surface area contributed by atoms with Gasteiger partial charge in [0.05, 0.1) is 0 Å². The maximum atomic E-state index is 14.3. The van der Waals surface area contributed by atoms with Crippen molar-refractivity contribution in [3.8, 4) is 0 Å². The molecular weight excluding hydrogens is 281 g/mol. The van der Waals surface area contributed by atoms with Gasteiger partial charge in [0.2, 0.25) is 0 Å². The predicted molar refractivity (Wildman–Crippen MR) is 88.5 cm³/mol. The molecule has 1 atom stereocenters. The monoisotopic (exact) mass is 303 g/mol. The number of hydrogen-bond acceptors (Lipinski definition) is 2. The molecule has 112 valence electrons. The Morgan fingerprint density at radius 2 is 1.81 bits per heavy atom. The lowest BCUT2D eigenvalue weighted by Crippen LogP contribution is -2.17. The summed E-state index contributed by atoms with van der Waals surface area (Å²) in [6, 6.07) is 11.9. The van der Waals surface area contributed by atoms with Crippen molar-refractivity contribution in [2.24, 2.45) is 0 Å². The Morgan fingerprint density at radius 1 is 1.10 bits per heavy atom. The van der Waals surface area contributed by atoms with Crippen LogP contribution in [-0.4, -0.2) is 6.54 Å². The standard InChI is InChI=1S/C18H22FNS/c1-5-20-14(4)15-7-9-18(16(19)11-15)21-17-8-6-12(2)10-13(17)3/h6-11,14,20H,5H2,1-4H3. The molecule has 3 heteroatoms. The molecule has 2 aromatic rings. The fraction of sp³-hybridized carbons (Fsp3) is 0.333. The molecule has 0 fully saturated rings. The second-order valence-electron chi connectivity index (χ2n) is 5.34. The molecule has 0 spiro atoms. The van der Waals surface area contributed by atoms with E-state index in [2.05, 4.69) is 51.2 Å². The van der Waals surface area contributed by atoms with Gasteiger partial charge in [-0.1, -0.05) is 42.4 Å². The topological polar surface area (TPSA) is 12.0 Å². The van der Waals surface area contributed by atoms with E-state index in [9.17, 15) is 4.39 Å². The van der Waals surface area contributed by atoms with Crippen LogP contribution in [0.2, 0.25) is 0 Å². The summed E-state index contributed by atoms with van der Waals surface area (Å²) in [6.45, 7) is 9.11. The first-order valence-electron chi connectivity index (χ1n) is 7.29. The van der Waals surface area contributed by atoms with Crippen molar-refractivity contribution >= 4 is 11.8 Å². The number of benzene rings is 2. The summed E-state index contributed by atoms with van der Waals surface area (Å²) >= 11 is 1.49. The minimum atomic E-state index is -0.151.